The molecule has 0 amide bonds. The van der Waals surface area contributed by atoms with Crippen molar-refractivity contribution in [1.29, 1.82) is 0 Å². The first-order chi connectivity index (χ1) is 10.7. The molecule has 3 heteroatoms. The van der Waals surface area contributed by atoms with Crippen LogP contribution in [0.15, 0.2) is 48.5 Å². The van der Waals surface area contributed by atoms with Gasteiger partial charge in [-0.1, -0.05) is 60.7 Å². The summed E-state index contributed by atoms with van der Waals surface area (Å²) in [5.41, 5.74) is 4.81. The molecule has 4 rings (SSSR count). The Labute approximate surface area is 142 Å². The van der Waals surface area contributed by atoms with Crippen molar-refractivity contribution < 1.29 is 9.90 Å². The Morgan fingerprint density at radius 2 is 1.48 bits per heavy atom. The molecule has 1 N–H and O–H groups in total. The summed E-state index contributed by atoms with van der Waals surface area (Å²) in [5.74, 6) is -0.914. The molecule has 0 radical (unpaired) electrons. The maximum atomic E-state index is 11.5. The normalized spacial score (nSPS) is 20.3. The fraction of sp³-hybridized carbons (Fsp3) is 0.250. The van der Waals surface area contributed by atoms with Gasteiger partial charge in [-0.05, 0) is 41.5 Å². The molecule has 2 nitrogen and oxygen atoms in total. The molecule has 1 saturated carbocycles. The highest BCUT2D eigenvalue weighted by atomic mass is 35.5. The lowest BCUT2D eigenvalue weighted by Crippen LogP contribution is -2.27. The van der Waals surface area contributed by atoms with Crippen molar-refractivity contribution in [2.45, 2.75) is 24.7 Å². The first-order valence-corrected chi connectivity index (χ1v) is 7.81. The molecular formula is C20H19ClO2. The van der Waals surface area contributed by atoms with Gasteiger partial charge in [0.05, 0.1) is 5.92 Å². The summed E-state index contributed by atoms with van der Waals surface area (Å²) >= 11 is 0. The van der Waals surface area contributed by atoms with Gasteiger partial charge in [-0.15, -0.1) is 12.4 Å². The van der Waals surface area contributed by atoms with Crippen LogP contribution in [-0.2, 0) is 10.2 Å². The number of carboxylic acid groups (broad SMARTS) is 1. The highest BCUT2D eigenvalue weighted by Crippen LogP contribution is 2.52. The third-order valence-electron chi connectivity index (χ3n) is 5.26. The van der Waals surface area contributed by atoms with Gasteiger partial charge in [0.25, 0.3) is 0 Å². The van der Waals surface area contributed by atoms with Gasteiger partial charge < -0.3 is 5.11 Å². The number of carbonyl (C=O) groups is 1. The van der Waals surface area contributed by atoms with Crippen LogP contribution in [0.25, 0.3) is 12.2 Å². The van der Waals surface area contributed by atoms with Crippen LogP contribution in [-0.4, -0.2) is 11.1 Å². The van der Waals surface area contributed by atoms with E-state index in [0.717, 1.165) is 12.8 Å². The molecule has 23 heavy (non-hydrogen) atoms. The van der Waals surface area contributed by atoms with E-state index in [4.69, 9.17) is 0 Å². The minimum absolute atomic E-state index is 0. The molecule has 2 aliphatic carbocycles. The Bertz CT molecular complexity index is 729. The smallest absolute Gasteiger partial charge is 0.306 e. The Morgan fingerprint density at radius 3 is 1.96 bits per heavy atom. The van der Waals surface area contributed by atoms with Crippen molar-refractivity contribution in [1.82, 2.24) is 0 Å². The van der Waals surface area contributed by atoms with Crippen molar-refractivity contribution >= 4 is 30.5 Å². The maximum Gasteiger partial charge on any atom is 0.306 e. The second kappa shape index (κ2) is 5.86. The van der Waals surface area contributed by atoms with Gasteiger partial charge >= 0.3 is 5.97 Å². The van der Waals surface area contributed by atoms with Gasteiger partial charge in [0.1, 0.15) is 0 Å². The number of halogens is 1. The molecule has 1 spiro atoms. The largest absolute Gasteiger partial charge is 0.481 e. The fourth-order valence-electron chi connectivity index (χ4n) is 4.23. The number of hydrogen-bond donors (Lipinski definition) is 1. The fourth-order valence-corrected chi connectivity index (χ4v) is 4.23. The van der Waals surface area contributed by atoms with Crippen LogP contribution >= 0.6 is 12.4 Å². The minimum Gasteiger partial charge on any atom is -0.481 e. The molecule has 0 aliphatic heterocycles. The summed E-state index contributed by atoms with van der Waals surface area (Å²) in [6, 6.07) is 16.8. The number of hydrogen-bond acceptors (Lipinski definition) is 1. The van der Waals surface area contributed by atoms with E-state index < -0.39 is 5.97 Å². The van der Waals surface area contributed by atoms with Crippen LogP contribution in [0.2, 0.25) is 0 Å². The Hall–Kier alpha value is -2.06. The molecule has 1 atom stereocenters. The highest BCUT2D eigenvalue weighted by Gasteiger charge is 2.46. The molecule has 1 unspecified atom stereocenters. The third kappa shape index (κ3) is 2.38. The molecule has 0 bridgehead atoms. The third-order valence-corrected chi connectivity index (χ3v) is 5.26. The van der Waals surface area contributed by atoms with E-state index in [2.05, 4.69) is 60.7 Å². The number of aliphatic carboxylic acids is 1. The van der Waals surface area contributed by atoms with Crippen LogP contribution < -0.4 is 0 Å². The first kappa shape index (κ1) is 15.8. The molecule has 2 aliphatic rings. The van der Waals surface area contributed by atoms with Gasteiger partial charge in [-0.25, -0.2) is 0 Å². The zero-order valence-electron chi connectivity index (χ0n) is 12.7. The number of carboxylic acids is 1. The van der Waals surface area contributed by atoms with Gasteiger partial charge in [-0.2, -0.15) is 0 Å². The Balaban J connectivity index is 0.00000156. The highest BCUT2D eigenvalue weighted by molar-refractivity contribution is 5.85. The van der Waals surface area contributed by atoms with Gasteiger partial charge in [-0.3, -0.25) is 4.79 Å². The van der Waals surface area contributed by atoms with E-state index in [0.29, 0.717) is 6.42 Å². The molecule has 118 valence electrons. The van der Waals surface area contributed by atoms with Crippen LogP contribution in [0.5, 0.6) is 0 Å². The maximum absolute atomic E-state index is 11.5. The summed E-state index contributed by atoms with van der Waals surface area (Å²) in [4.78, 5) is 11.5. The zero-order chi connectivity index (χ0) is 15.2. The summed E-state index contributed by atoms with van der Waals surface area (Å²) in [7, 11) is 0. The van der Waals surface area contributed by atoms with Crippen LogP contribution in [0.3, 0.4) is 0 Å². The Kier molecular flexibility index (Phi) is 4.03. The van der Waals surface area contributed by atoms with Crippen LogP contribution in [0.1, 0.15) is 41.5 Å². The number of benzene rings is 2. The average molecular weight is 327 g/mol. The summed E-state index contributed by atoms with van der Waals surface area (Å²) in [6.07, 6.45) is 6.67. The first-order valence-electron chi connectivity index (χ1n) is 7.81. The Morgan fingerprint density at radius 1 is 0.957 bits per heavy atom. The quantitative estimate of drug-likeness (QED) is 0.820. The van der Waals surface area contributed by atoms with Crippen molar-refractivity contribution in [3.63, 3.8) is 0 Å². The second-order valence-electron chi connectivity index (χ2n) is 6.37. The summed E-state index contributed by atoms with van der Waals surface area (Å²) in [6.45, 7) is 0. The summed E-state index contributed by atoms with van der Waals surface area (Å²) in [5, 5.41) is 9.48. The van der Waals surface area contributed by atoms with E-state index >= 15 is 0 Å². The lowest BCUT2D eigenvalue weighted by atomic mass is 9.70. The van der Waals surface area contributed by atoms with Gasteiger partial charge in [0, 0.05) is 5.41 Å². The number of rotatable bonds is 1. The van der Waals surface area contributed by atoms with E-state index in [1.54, 1.807) is 0 Å². The predicted octanol–water partition coefficient (Wildman–Crippen LogP) is 4.76. The molecular weight excluding hydrogens is 308 g/mol. The van der Waals surface area contributed by atoms with E-state index in [1.807, 2.05) is 0 Å². The van der Waals surface area contributed by atoms with Crippen LogP contribution in [0, 0.1) is 5.92 Å². The average Bonchev–Trinajstić information content (AvgIpc) is 2.94. The van der Waals surface area contributed by atoms with Gasteiger partial charge in [0.2, 0.25) is 0 Å². The van der Waals surface area contributed by atoms with E-state index in [-0.39, 0.29) is 23.7 Å². The zero-order valence-corrected chi connectivity index (χ0v) is 13.6. The van der Waals surface area contributed by atoms with E-state index in [9.17, 15) is 9.90 Å². The lowest BCUT2D eigenvalue weighted by molar-refractivity contribution is -0.141. The molecule has 1 fully saturated rings. The number of fused-ring (bicyclic) bond motifs is 4. The molecule has 2 aromatic rings. The SMILES string of the molecule is Cl.O=C(O)C1CCC2(C1)c1ccccc1C=Cc1ccccc12. The molecule has 0 heterocycles. The molecule has 0 saturated heterocycles. The molecule has 2 aromatic carbocycles. The van der Waals surface area contributed by atoms with Crippen molar-refractivity contribution in [2.24, 2.45) is 5.92 Å². The van der Waals surface area contributed by atoms with Gasteiger partial charge in [0.15, 0.2) is 0 Å². The predicted molar refractivity (Wildman–Crippen MR) is 94.8 cm³/mol. The monoisotopic (exact) mass is 326 g/mol. The van der Waals surface area contributed by atoms with E-state index in [1.165, 1.54) is 22.3 Å². The van der Waals surface area contributed by atoms with Crippen LogP contribution in [0.4, 0.5) is 0 Å². The van der Waals surface area contributed by atoms with Crippen molar-refractivity contribution in [3.8, 4) is 0 Å². The lowest BCUT2D eigenvalue weighted by Gasteiger charge is -2.32. The second-order valence-corrected chi connectivity index (χ2v) is 6.37. The van der Waals surface area contributed by atoms with Crippen molar-refractivity contribution in [2.75, 3.05) is 0 Å². The van der Waals surface area contributed by atoms with Crippen molar-refractivity contribution in [3.05, 3.63) is 70.8 Å². The topological polar surface area (TPSA) is 37.3 Å². The standard InChI is InChI=1S/C20H18O2.ClH/c21-19(22)16-11-12-20(13-16)17-7-3-1-5-14(17)9-10-15-6-2-4-8-18(15)20;/h1-10,16H,11-13H2,(H,21,22);1H. The molecule has 0 aromatic heterocycles. The summed E-state index contributed by atoms with van der Waals surface area (Å²) < 4.78 is 0. The minimum atomic E-state index is -0.663.